The first-order chi connectivity index (χ1) is 9.60. The summed E-state index contributed by atoms with van der Waals surface area (Å²) in [5.41, 5.74) is 1.95. The number of benzene rings is 1. The fourth-order valence-electron chi connectivity index (χ4n) is 2.39. The van der Waals surface area contributed by atoms with E-state index in [1.807, 2.05) is 36.1 Å². The van der Waals surface area contributed by atoms with Crippen molar-refractivity contribution in [3.8, 4) is 0 Å². The number of anilines is 1. The largest absolute Gasteiger partial charge is 0.342 e. The third kappa shape index (κ3) is 3.59. The molecule has 2 amide bonds. The predicted octanol–water partition coefficient (Wildman–Crippen LogP) is 2.58. The molecule has 1 aliphatic rings. The average molecular weight is 274 g/mol. The molecule has 1 heterocycles. The molecule has 20 heavy (non-hydrogen) atoms. The smallest absolute Gasteiger partial charge is 0.229 e. The molecule has 1 fully saturated rings. The Hall–Kier alpha value is -1.84. The van der Waals surface area contributed by atoms with Crippen molar-refractivity contribution < 1.29 is 9.59 Å². The van der Waals surface area contributed by atoms with Gasteiger partial charge in [-0.2, -0.15) is 0 Å². The second kappa shape index (κ2) is 6.55. The number of nitrogens with one attached hydrogen (secondary N) is 1. The van der Waals surface area contributed by atoms with Crippen molar-refractivity contribution in [2.75, 3.05) is 18.4 Å². The van der Waals surface area contributed by atoms with Crippen LogP contribution in [0.3, 0.4) is 0 Å². The normalized spacial score (nSPS) is 18.4. The molecule has 0 aliphatic carbocycles. The first-order valence-corrected chi connectivity index (χ1v) is 7.25. The summed E-state index contributed by atoms with van der Waals surface area (Å²) in [5, 5.41) is 2.89. The molecule has 0 saturated carbocycles. The Morgan fingerprint density at radius 1 is 1.35 bits per heavy atom. The van der Waals surface area contributed by atoms with E-state index in [0.29, 0.717) is 13.0 Å². The van der Waals surface area contributed by atoms with Crippen molar-refractivity contribution in [2.45, 2.75) is 33.1 Å². The van der Waals surface area contributed by atoms with Gasteiger partial charge >= 0.3 is 0 Å². The second-order valence-electron chi connectivity index (χ2n) is 5.45. The number of rotatable bonds is 5. The molecule has 4 nitrogen and oxygen atoms in total. The van der Waals surface area contributed by atoms with Crippen molar-refractivity contribution in [3.63, 3.8) is 0 Å². The molecule has 0 spiro atoms. The number of hydrogen-bond donors (Lipinski definition) is 1. The highest BCUT2D eigenvalue weighted by Crippen LogP contribution is 2.20. The molecule has 1 aromatic rings. The van der Waals surface area contributed by atoms with E-state index in [9.17, 15) is 9.59 Å². The summed E-state index contributed by atoms with van der Waals surface area (Å²) in [6.07, 6.45) is 2.39. The van der Waals surface area contributed by atoms with Crippen LogP contribution in [0.1, 0.15) is 31.7 Å². The minimum absolute atomic E-state index is 0.0544. The van der Waals surface area contributed by atoms with Crippen LogP contribution in [0.5, 0.6) is 0 Å². The standard InChI is InChI=1S/C16H22N2O2/c1-3-4-9-18-11-13(10-15(18)19)16(20)17-14-7-5-12(2)6-8-14/h5-8,13H,3-4,9-11H2,1-2H3,(H,17,20). The van der Waals surface area contributed by atoms with E-state index >= 15 is 0 Å². The maximum absolute atomic E-state index is 12.2. The van der Waals surface area contributed by atoms with Crippen molar-refractivity contribution in [1.82, 2.24) is 4.90 Å². The summed E-state index contributed by atoms with van der Waals surface area (Å²) in [6.45, 7) is 5.43. The summed E-state index contributed by atoms with van der Waals surface area (Å²) >= 11 is 0. The fraction of sp³-hybridized carbons (Fsp3) is 0.500. The molecule has 4 heteroatoms. The Morgan fingerprint density at radius 2 is 2.05 bits per heavy atom. The number of carbonyl (C=O) groups excluding carboxylic acids is 2. The van der Waals surface area contributed by atoms with Crippen LogP contribution in [-0.4, -0.2) is 29.8 Å². The zero-order valence-corrected chi connectivity index (χ0v) is 12.2. The fourth-order valence-corrected chi connectivity index (χ4v) is 2.39. The van der Waals surface area contributed by atoms with Crippen molar-refractivity contribution in [3.05, 3.63) is 29.8 Å². The Labute approximate surface area is 120 Å². The van der Waals surface area contributed by atoms with Gasteiger partial charge in [-0.3, -0.25) is 9.59 Å². The lowest BCUT2D eigenvalue weighted by molar-refractivity contribution is -0.128. The predicted molar refractivity (Wildman–Crippen MR) is 79.4 cm³/mol. The number of likely N-dealkylation sites (tertiary alicyclic amines) is 1. The highest BCUT2D eigenvalue weighted by Gasteiger charge is 2.33. The van der Waals surface area contributed by atoms with Gasteiger partial charge in [0.25, 0.3) is 0 Å². The first kappa shape index (κ1) is 14.6. The lowest BCUT2D eigenvalue weighted by Crippen LogP contribution is -2.29. The van der Waals surface area contributed by atoms with E-state index in [-0.39, 0.29) is 17.7 Å². The summed E-state index contributed by atoms with van der Waals surface area (Å²) in [4.78, 5) is 25.8. The van der Waals surface area contributed by atoms with Gasteiger partial charge in [0.15, 0.2) is 0 Å². The van der Waals surface area contributed by atoms with E-state index in [4.69, 9.17) is 0 Å². The number of hydrogen-bond acceptors (Lipinski definition) is 2. The Kier molecular flexibility index (Phi) is 4.77. The van der Waals surface area contributed by atoms with Crippen LogP contribution in [0.2, 0.25) is 0 Å². The summed E-state index contributed by atoms with van der Waals surface area (Å²) < 4.78 is 0. The van der Waals surface area contributed by atoms with Crippen molar-refractivity contribution >= 4 is 17.5 Å². The van der Waals surface area contributed by atoms with E-state index in [2.05, 4.69) is 12.2 Å². The van der Waals surface area contributed by atoms with Gasteiger partial charge in [-0.1, -0.05) is 31.0 Å². The van der Waals surface area contributed by atoms with Crippen LogP contribution in [0.15, 0.2) is 24.3 Å². The molecule has 0 bridgehead atoms. The van der Waals surface area contributed by atoms with Gasteiger partial charge in [-0.15, -0.1) is 0 Å². The summed E-state index contributed by atoms with van der Waals surface area (Å²) in [6, 6.07) is 7.70. The van der Waals surface area contributed by atoms with Crippen LogP contribution in [0.25, 0.3) is 0 Å². The van der Waals surface area contributed by atoms with E-state index in [0.717, 1.165) is 30.6 Å². The van der Waals surface area contributed by atoms with Crippen LogP contribution in [0, 0.1) is 12.8 Å². The lowest BCUT2D eigenvalue weighted by atomic mass is 10.1. The number of nitrogens with zero attached hydrogens (tertiary/aromatic N) is 1. The molecular weight excluding hydrogens is 252 g/mol. The molecule has 108 valence electrons. The molecule has 0 radical (unpaired) electrons. The number of aryl methyl sites for hydroxylation is 1. The average Bonchev–Trinajstić information content (AvgIpc) is 2.80. The van der Waals surface area contributed by atoms with Gasteiger partial charge in [0.2, 0.25) is 11.8 Å². The zero-order chi connectivity index (χ0) is 14.5. The lowest BCUT2D eigenvalue weighted by Gasteiger charge is -2.16. The molecule has 0 aromatic heterocycles. The van der Waals surface area contributed by atoms with E-state index in [1.165, 1.54) is 0 Å². The monoisotopic (exact) mass is 274 g/mol. The second-order valence-corrected chi connectivity index (χ2v) is 5.45. The Balaban J connectivity index is 1.90. The Bertz CT molecular complexity index is 482. The van der Waals surface area contributed by atoms with Gasteiger partial charge in [-0.05, 0) is 25.5 Å². The van der Waals surface area contributed by atoms with Gasteiger partial charge in [-0.25, -0.2) is 0 Å². The highest BCUT2D eigenvalue weighted by molar-refractivity contribution is 5.97. The summed E-state index contributed by atoms with van der Waals surface area (Å²) in [7, 11) is 0. The third-order valence-corrected chi connectivity index (χ3v) is 3.69. The van der Waals surface area contributed by atoms with Gasteiger partial charge in [0.1, 0.15) is 0 Å². The molecule has 1 unspecified atom stereocenters. The highest BCUT2D eigenvalue weighted by atomic mass is 16.2. The van der Waals surface area contributed by atoms with Crippen LogP contribution in [0.4, 0.5) is 5.69 Å². The number of amides is 2. The van der Waals surface area contributed by atoms with Gasteiger partial charge < -0.3 is 10.2 Å². The maximum atomic E-state index is 12.2. The van der Waals surface area contributed by atoms with Crippen molar-refractivity contribution in [1.29, 1.82) is 0 Å². The Morgan fingerprint density at radius 3 is 2.70 bits per heavy atom. The molecule has 1 saturated heterocycles. The molecule has 1 N–H and O–H groups in total. The third-order valence-electron chi connectivity index (χ3n) is 3.69. The number of carbonyl (C=O) groups is 2. The molecule has 1 atom stereocenters. The summed E-state index contributed by atoms with van der Waals surface area (Å²) in [5.74, 6) is -0.177. The van der Waals surface area contributed by atoms with E-state index < -0.39 is 0 Å². The maximum Gasteiger partial charge on any atom is 0.229 e. The quantitative estimate of drug-likeness (QED) is 0.897. The SMILES string of the molecule is CCCCN1CC(C(=O)Nc2ccc(C)cc2)CC1=O. The topological polar surface area (TPSA) is 49.4 Å². The van der Waals surface area contributed by atoms with Crippen LogP contribution in [-0.2, 0) is 9.59 Å². The minimum Gasteiger partial charge on any atom is -0.342 e. The molecule has 2 rings (SSSR count). The van der Waals surface area contributed by atoms with E-state index in [1.54, 1.807) is 0 Å². The van der Waals surface area contributed by atoms with Crippen molar-refractivity contribution in [2.24, 2.45) is 5.92 Å². The minimum atomic E-state index is -0.222. The molecular formula is C16H22N2O2. The van der Waals surface area contributed by atoms with Crippen LogP contribution >= 0.6 is 0 Å². The first-order valence-electron chi connectivity index (χ1n) is 7.25. The molecule has 1 aromatic carbocycles. The van der Waals surface area contributed by atoms with Gasteiger partial charge in [0, 0.05) is 25.2 Å². The zero-order valence-electron chi connectivity index (χ0n) is 12.2. The number of unbranched alkanes of at least 4 members (excludes halogenated alkanes) is 1. The molecule has 1 aliphatic heterocycles. The van der Waals surface area contributed by atoms with Crippen LogP contribution < -0.4 is 5.32 Å². The van der Waals surface area contributed by atoms with Gasteiger partial charge in [0.05, 0.1) is 5.92 Å².